The second-order valence-electron chi connectivity index (χ2n) is 5.65. The number of hydrogen-bond acceptors (Lipinski definition) is 2. The number of halogens is 3. The Balaban J connectivity index is 1.48. The number of fused-ring (bicyclic) bond motifs is 1. The van der Waals surface area contributed by atoms with Gasteiger partial charge < -0.3 is 9.72 Å². The number of rotatable bonds is 4. The second kappa shape index (κ2) is 6.12. The Morgan fingerprint density at radius 2 is 2.00 bits per heavy atom. The third-order valence-electron chi connectivity index (χ3n) is 3.99. The van der Waals surface area contributed by atoms with E-state index in [1.165, 1.54) is 17.8 Å². The zero-order valence-electron chi connectivity index (χ0n) is 12.0. The van der Waals surface area contributed by atoms with Crippen molar-refractivity contribution in [2.45, 2.75) is 32.0 Å². The molecule has 0 amide bonds. The van der Waals surface area contributed by atoms with Crippen LogP contribution in [0.4, 0.5) is 13.2 Å². The van der Waals surface area contributed by atoms with E-state index in [2.05, 4.69) is 9.97 Å². The Morgan fingerprint density at radius 1 is 1.23 bits per heavy atom. The number of alkyl halides is 3. The highest BCUT2D eigenvalue weighted by atomic mass is 19.4. The van der Waals surface area contributed by atoms with Crippen molar-refractivity contribution < 1.29 is 17.9 Å². The molecule has 3 nitrogen and oxygen atoms in total. The SMILES string of the molecule is FC(F)(F)c1ccc(COCC2CCc3nc[nH]c3C2)cc1. The number of ether oxygens (including phenoxy) is 1. The summed E-state index contributed by atoms with van der Waals surface area (Å²) in [4.78, 5) is 7.40. The van der Waals surface area contributed by atoms with E-state index >= 15 is 0 Å². The van der Waals surface area contributed by atoms with Crippen LogP contribution in [0.3, 0.4) is 0 Å². The molecular weight excluding hydrogens is 293 g/mol. The molecule has 1 aromatic carbocycles. The van der Waals surface area contributed by atoms with Gasteiger partial charge in [0.25, 0.3) is 0 Å². The molecular formula is C16H17F3N2O. The van der Waals surface area contributed by atoms with Crippen molar-refractivity contribution >= 4 is 0 Å². The minimum atomic E-state index is -4.29. The lowest BCUT2D eigenvalue weighted by molar-refractivity contribution is -0.137. The Bertz CT molecular complexity index is 619. The van der Waals surface area contributed by atoms with Gasteiger partial charge in [0, 0.05) is 5.69 Å². The molecule has 1 aromatic heterocycles. The minimum Gasteiger partial charge on any atom is -0.376 e. The number of nitrogens with zero attached hydrogens (tertiary/aromatic N) is 1. The molecule has 0 saturated heterocycles. The monoisotopic (exact) mass is 310 g/mol. The highest BCUT2D eigenvalue weighted by molar-refractivity contribution is 5.24. The van der Waals surface area contributed by atoms with E-state index in [1.807, 2.05) is 0 Å². The topological polar surface area (TPSA) is 37.9 Å². The average Bonchev–Trinajstić information content (AvgIpc) is 2.94. The van der Waals surface area contributed by atoms with E-state index in [1.54, 1.807) is 6.33 Å². The summed E-state index contributed by atoms with van der Waals surface area (Å²) in [5.41, 5.74) is 2.44. The standard InChI is InChI=1S/C16H17F3N2O/c17-16(18,19)13-4-1-11(2-5-13)8-22-9-12-3-6-14-15(7-12)21-10-20-14/h1-2,4-5,10,12H,3,6-9H2,(H,20,21). The first kappa shape index (κ1) is 15.1. The molecule has 22 heavy (non-hydrogen) atoms. The maximum absolute atomic E-state index is 12.5. The molecule has 0 radical (unpaired) electrons. The van der Waals surface area contributed by atoms with E-state index in [9.17, 15) is 13.2 Å². The zero-order chi connectivity index (χ0) is 15.6. The van der Waals surface area contributed by atoms with E-state index in [0.29, 0.717) is 19.1 Å². The highest BCUT2D eigenvalue weighted by Gasteiger charge is 2.29. The third kappa shape index (κ3) is 3.50. The fourth-order valence-corrected chi connectivity index (χ4v) is 2.75. The number of benzene rings is 1. The lowest BCUT2D eigenvalue weighted by Gasteiger charge is -2.21. The normalized spacial score (nSPS) is 18.2. The number of hydrogen-bond donors (Lipinski definition) is 1. The summed E-state index contributed by atoms with van der Waals surface area (Å²) in [5.74, 6) is 0.433. The van der Waals surface area contributed by atoms with Crippen LogP contribution in [0.15, 0.2) is 30.6 Å². The van der Waals surface area contributed by atoms with E-state index in [4.69, 9.17) is 4.74 Å². The quantitative estimate of drug-likeness (QED) is 0.934. The molecule has 1 atom stereocenters. The van der Waals surface area contributed by atoms with Gasteiger partial charge in [0.1, 0.15) is 0 Å². The number of imidazole rings is 1. The van der Waals surface area contributed by atoms with Crippen molar-refractivity contribution in [3.05, 3.63) is 53.1 Å². The molecule has 0 fully saturated rings. The first-order chi connectivity index (χ1) is 10.5. The number of aromatic amines is 1. The summed E-state index contributed by atoms with van der Waals surface area (Å²) in [6, 6.07) is 5.12. The molecule has 3 rings (SSSR count). The van der Waals surface area contributed by atoms with Gasteiger partial charge in [-0.3, -0.25) is 0 Å². The predicted molar refractivity (Wildman–Crippen MR) is 75.2 cm³/mol. The molecule has 1 aliphatic rings. The maximum atomic E-state index is 12.5. The van der Waals surface area contributed by atoms with Crippen molar-refractivity contribution in [1.29, 1.82) is 0 Å². The molecule has 1 heterocycles. The summed E-state index contributed by atoms with van der Waals surface area (Å²) in [7, 11) is 0. The zero-order valence-corrected chi connectivity index (χ0v) is 12.0. The summed E-state index contributed by atoms with van der Waals surface area (Å²) in [6.07, 6.45) is 0.333. The summed E-state index contributed by atoms with van der Waals surface area (Å²) < 4.78 is 43.1. The molecule has 118 valence electrons. The van der Waals surface area contributed by atoms with Gasteiger partial charge in [-0.1, -0.05) is 12.1 Å². The summed E-state index contributed by atoms with van der Waals surface area (Å²) in [6.45, 7) is 0.948. The Hall–Kier alpha value is -1.82. The molecule has 2 aromatic rings. The molecule has 1 aliphatic carbocycles. The second-order valence-corrected chi connectivity index (χ2v) is 5.65. The fourth-order valence-electron chi connectivity index (χ4n) is 2.75. The largest absolute Gasteiger partial charge is 0.416 e. The van der Waals surface area contributed by atoms with Gasteiger partial charge in [-0.25, -0.2) is 4.98 Å². The first-order valence-electron chi connectivity index (χ1n) is 7.27. The van der Waals surface area contributed by atoms with Crippen LogP contribution in [0.5, 0.6) is 0 Å². The minimum absolute atomic E-state index is 0.338. The van der Waals surface area contributed by atoms with Crippen molar-refractivity contribution in [1.82, 2.24) is 9.97 Å². The lowest BCUT2D eigenvalue weighted by atomic mass is 9.90. The van der Waals surface area contributed by atoms with E-state index < -0.39 is 11.7 Å². The van der Waals surface area contributed by atoms with Gasteiger partial charge in [-0.2, -0.15) is 13.2 Å². The van der Waals surface area contributed by atoms with Crippen LogP contribution in [0.25, 0.3) is 0 Å². The molecule has 0 aliphatic heterocycles. The maximum Gasteiger partial charge on any atom is 0.416 e. The molecule has 1 unspecified atom stereocenters. The lowest BCUT2D eigenvalue weighted by Crippen LogP contribution is -2.19. The van der Waals surface area contributed by atoms with Gasteiger partial charge >= 0.3 is 6.18 Å². The Kier molecular flexibility index (Phi) is 4.20. The Morgan fingerprint density at radius 3 is 2.73 bits per heavy atom. The predicted octanol–water partition coefficient (Wildman–Crippen LogP) is 3.75. The molecule has 0 spiro atoms. The van der Waals surface area contributed by atoms with Crippen LogP contribution in [0.1, 0.15) is 28.9 Å². The van der Waals surface area contributed by atoms with Crippen molar-refractivity contribution in [3.63, 3.8) is 0 Å². The third-order valence-corrected chi connectivity index (χ3v) is 3.99. The molecule has 0 saturated carbocycles. The number of aromatic nitrogens is 2. The van der Waals surface area contributed by atoms with Crippen LogP contribution >= 0.6 is 0 Å². The van der Waals surface area contributed by atoms with Crippen LogP contribution in [0, 0.1) is 5.92 Å². The van der Waals surface area contributed by atoms with Gasteiger partial charge in [0.05, 0.1) is 30.8 Å². The van der Waals surface area contributed by atoms with Crippen molar-refractivity contribution in [2.75, 3.05) is 6.61 Å². The van der Waals surface area contributed by atoms with E-state index in [-0.39, 0.29) is 0 Å². The van der Waals surface area contributed by atoms with E-state index in [0.717, 1.165) is 42.7 Å². The molecule has 0 bridgehead atoms. The van der Waals surface area contributed by atoms with Crippen molar-refractivity contribution in [3.8, 4) is 0 Å². The van der Waals surface area contributed by atoms with Gasteiger partial charge in [-0.05, 0) is 42.9 Å². The number of H-pyrrole nitrogens is 1. The van der Waals surface area contributed by atoms with Gasteiger partial charge in [0.15, 0.2) is 0 Å². The van der Waals surface area contributed by atoms with Crippen LogP contribution < -0.4 is 0 Å². The fraction of sp³-hybridized carbons (Fsp3) is 0.438. The van der Waals surface area contributed by atoms with Crippen LogP contribution in [-0.4, -0.2) is 16.6 Å². The van der Waals surface area contributed by atoms with Crippen molar-refractivity contribution in [2.24, 2.45) is 5.92 Å². The average molecular weight is 310 g/mol. The smallest absolute Gasteiger partial charge is 0.376 e. The molecule has 6 heteroatoms. The summed E-state index contributed by atoms with van der Waals surface area (Å²) in [5, 5.41) is 0. The number of nitrogens with one attached hydrogen (secondary N) is 1. The highest BCUT2D eigenvalue weighted by Crippen LogP contribution is 2.29. The van der Waals surface area contributed by atoms with Gasteiger partial charge in [0.2, 0.25) is 0 Å². The Labute approximate surface area is 126 Å². The van der Waals surface area contributed by atoms with Crippen LogP contribution in [0.2, 0.25) is 0 Å². The molecule has 1 N–H and O–H groups in total. The van der Waals surface area contributed by atoms with Gasteiger partial charge in [-0.15, -0.1) is 0 Å². The number of aryl methyl sites for hydroxylation is 1. The summed E-state index contributed by atoms with van der Waals surface area (Å²) >= 11 is 0. The first-order valence-corrected chi connectivity index (χ1v) is 7.27. The van der Waals surface area contributed by atoms with Crippen LogP contribution in [-0.2, 0) is 30.4 Å².